The summed E-state index contributed by atoms with van der Waals surface area (Å²) in [4.78, 5) is 23.5. The maximum absolute atomic E-state index is 11.7. The average Bonchev–Trinajstić information content (AvgIpc) is 2.67. The van der Waals surface area contributed by atoms with Gasteiger partial charge in [0.1, 0.15) is 0 Å². The fraction of sp³-hybridized carbons (Fsp3) is 0.111. The van der Waals surface area contributed by atoms with Crippen molar-refractivity contribution in [2.75, 3.05) is 0 Å². The number of hydrogen-bond acceptors (Lipinski definition) is 4. The van der Waals surface area contributed by atoms with Crippen molar-refractivity contribution in [3.05, 3.63) is 67.6 Å². The summed E-state index contributed by atoms with van der Waals surface area (Å²) in [6, 6.07) is 10.1. The van der Waals surface area contributed by atoms with E-state index in [2.05, 4.69) is 21.1 Å². The van der Waals surface area contributed by atoms with E-state index in [0.29, 0.717) is 31.2 Å². The molecule has 2 amide bonds. The Labute approximate surface area is 181 Å². The van der Waals surface area contributed by atoms with Crippen molar-refractivity contribution in [1.29, 1.82) is 0 Å². The third-order valence-corrected chi connectivity index (χ3v) is 4.99. The summed E-state index contributed by atoms with van der Waals surface area (Å²) < 4.78 is 0. The summed E-state index contributed by atoms with van der Waals surface area (Å²) in [5.74, 6) is -0.877. The summed E-state index contributed by atoms with van der Waals surface area (Å²) in [5.41, 5.74) is 5.73. The lowest BCUT2D eigenvalue weighted by Gasteiger charge is -2.02. The predicted molar refractivity (Wildman–Crippen MR) is 114 cm³/mol. The minimum absolute atomic E-state index is 0.0696. The first-order valence-corrected chi connectivity index (χ1v) is 9.41. The number of benzene rings is 2. The van der Waals surface area contributed by atoms with Crippen LogP contribution in [0.4, 0.5) is 0 Å². The number of halogens is 4. The number of nitrogens with zero attached hydrogens (tertiary/aromatic N) is 2. The van der Waals surface area contributed by atoms with E-state index in [0.717, 1.165) is 0 Å². The molecule has 10 heteroatoms. The third-order valence-electron chi connectivity index (χ3n) is 3.33. The highest BCUT2D eigenvalue weighted by molar-refractivity contribution is 6.44. The Kier molecular flexibility index (Phi) is 8.73. The van der Waals surface area contributed by atoms with Crippen molar-refractivity contribution >= 4 is 70.6 Å². The van der Waals surface area contributed by atoms with Crippen LogP contribution >= 0.6 is 46.4 Å². The van der Waals surface area contributed by atoms with Crippen LogP contribution < -0.4 is 10.9 Å². The van der Waals surface area contributed by atoms with Crippen molar-refractivity contribution in [3.8, 4) is 0 Å². The van der Waals surface area contributed by atoms with E-state index in [1.165, 1.54) is 12.4 Å². The molecule has 0 saturated carbocycles. The van der Waals surface area contributed by atoms with Crippen LogP contribution in [0.2, 0.25) is 20.1 Å². The number of hydrazone groups is 2. The van der Waals surface area contributed by atoms with Crippen molar-refractivity contribution in [2.24, 2.45) is 10.2 Å². The number of hydrogen-bond donors (Lipinski definition) is 2. The van der Waals surface area contributed by atoms with E-state index >= 15 is 0 Å². The van der Waals surface area contributed by atoms with Crippen LogP contribution in [0.15, 0.2) is 46.6 Å². The van der Waals surface area contributed by atoms with Crippen LogP contribution in [0.25, 0.3) is 0 Å². The van der Waals surface area contributed by atoms with Gasteiger partial charge in [-0.2, -0.15) is 10.2 Å². The Hall–Kier alpha value is -2.12. The smallest absolute Gasteiger partial charge is 0.240 e. The van der Waals surface area contributed by atoms with Gasteiger partial charge in [0.05, 0.1) is 32.5 Å². The third kappa shape index (κ3) is 6.80. The molecule has 0 aromatic heterocycles. The zero-order valence-electron chi connectivity index (χ0n) is 14.3. The summed E-state index contributed by atoms with van der Waals surface area (Å²) in [6.45, 7) is 0. The van der Waals surface area contributed by atoms with Gasteiger partial charge in [-0.25, -0.2) is 10.9 Å². The highest BCUT2D eigenvalue weighted by atomic mass is 35.5. The summed E-state index contributed by atoms with van der Waals surface area (Å²) in [7, 11) is 0. The van der Waals surface area contributed by atoms with E-state index in [9.17, 15) is 9.59 Å². The van der Waals surface area contributed by atoms with Crippen LogP contribution in [0, 0.1) is 0 Å². The first kappa shape index (κ1) is 22.2. The van der Waals surface area contributed by atoms with Crippen LogP contribution in [-0.2, 0) is 9.59 Å². The van der Waals surface area contributed by atoms with Gasteiger partial charge in [0.2, 0.25) is 11.8 Å². The zero-order valence-corrected chi connectivity index (χ0v) is 17.3. The molecule has 0 unspecified atom stereocenters. The Balaban J connectivity index is 1.75. The highest BCUT2D eigenvalue weighted by Crippen LogP contribution is 2.24. The first-order valence-electron chi connectivity index (χ1n) is 7.90. The van der Waals surface area contributed by atoms with E-state index in [4.69, 9.17) is 46.4 Å². The fourth-order valence-corrected chi connectivity index (χ4v) is 2.64. The lowest BCUT2D eigenvalue weighted by molar-refractivity contribution is -0.126. The molecule has 2 N–H and O–H groups in total. The van der Waals surface area contributed by atoms with Gasteiger partial charge in [-0.15, -0.1) is 0 Å². The topological polar surface area (TPSA) is 82.9 Å². The molecule has 0 spiro atoms. The van der Waals surface area contributed by atoms with E-state index in [-0.39, 0.29) is 12.8 Å². The number of carbonyl (C=O) groups is 2. The maximum Gasteiger partial charge on any atom is 0.240 e. The van der Waals surface area contributed by atoms with Gasteiger partial charge >= 0.3 is 0 Å². The molecular formula is C18H14Cl4N4O2. The predicted octanol–water partition coefficient (Wildman–Crippen LogP) is 4.68. The minimum Gasteiger partial charge on any atom is -0.273 e. The Bertz CT molecular complexity index is 856. The molecule has 0 aliphatic carbocycles. The molecule has 0 aliphatic rings. The van der Waals surface area contributed by atoms with Gasteiger partial charge in [0.25, 0.3) is 0 Å². The number of carbonyl (C=O) groups excluding carboxylic acids is 2. The molecule has 2 aromatic rings. The first-order chi connectivity index (χ1) is 13.4. The SMILES string of the molecule is O=C(CCC(=O)NN=Cc1cccc(Cl)c1Cl)NN=Cc1cccc(Cl)c1Cl. The average molecular weight is 460 g/mol. The number of rotatable bonds is 7. The molecule has 6 nitrogen and oxygen atoms in total. The Morgan fingerprint density at radius 2 is 1.14 bits per heavy atom. The molecular weight excluding hydrogens is 446 g/mol. The van der Waals surface area contributed by atoms with Crippen molar-refractivity contribution in [1.82, 2.24) is 10.9 Å². The molecule has 0 fully saturated rings. The normalized spacial score (nSPS) is 11.1. The minimum atomic E-state index is -0.439. The highest BCUT2D eigenvalue weighted by Gasteiger charge is 2.06. The lowest BCUT2D eigenvalue weighted by Crippen LogP contribution is -2.22. The molecule has 28 heavy (non-hydrogen) atoms. The second kappa shape index (κ2) is 11.0. The number of nitrogens with one attached hydrogen (secondary N) is 2. The lowest BCUT2D eigenvalue weighted by atomic mass is 10.2. The summed E-state index contributed by atoms with van der Waals surface area (Å²) >= 11 is 23.8. The molecule has 2 aromatic carbocycles. The molecule has 0 heterocycles. The van der Waals surface area contributed by atoms with Crippen LogP contribution in [0.3, 0.4) is 0 Å². The zero-order chi connectivity index (χ0) is 20.5. The van der Waals surface area contributed by atoms with Gasteiger partial charge in [0.15, 0.2) is 0 Å². The van der Waals surface area contributed by atoms with Gasteiger partial charge in [-0.3, -0.25) is 9.59 Å². The standard InChI is InChI=1S/C18H14Cl4N4O2/c19-13-5-1-3-11(17(13)21)9-23-25-15(27)7-8-16(28)26-24-10-12-4-2-6-14(20)18(12)22/h1-6,9-10H,7-8H2,(H,25,27)(H,26,28). The summed E-state index contributed by atoms with van der Waals surface area (Å²) in [5, 5.41) is 9.00. The van der Waals surface area contributed by atoms with Gasteiger partial charge in [-0.05, 0) is 12.1 Å². The molecule has 0 bridgehead atoms. The molecule has 146 valence electrons. The summed E-state index contributed by atoms with van der Waals surface area (Å²) in [6.07, 6.45) is 2.59. The van der Waals surface area contributed by atoms with E-state index < -0.39 is 11.8 Å². The number of amides is 2. The van der Waals surface area contributed by atoms with Gasteiger partial charge < -0.3 is 0 Å². The van der Waals surface area contributed by atoms with Gasteiger partial charge in [0, 0.05) is 24.0 Å². The van der Waals surface area contributed by atoms with Crippen LogP contribution in [0.1, 0.15) is 24.0 Å². The monoisotopic (exact) mass is 458 g/mol. The van der Waals surface area contributed by atoms with E-state index in [1.807, 2.05) is 0 Å². The van der Waals surface area contributed by atoms with Crippen LogP contribution in [0.5, 0.6) is 0 Å². The fourth-order valence-electron chi connectivity index (χ4n) is 1.93. The van der Waals surface area contributed by atoms with Gasteiger partial charge in [-0.1, -0.05) is 70.7 Å². The van der Waals surface area contributed by atoms with E-state index in [1.54, 1.807) is 36.4 Å². The van der Waals surface area contributed by atoms with Crippen molar-refractivity contribution in [2.45, 2.75) is 12.8 Å². The quantitative estimate of drug-likeness (QED) is 0.465. The van der Waals surface area contributed by atoms with Crippen molar-refractivity contribution in [3.63, 3.8) is 0 Å². The molecule has 0 atom stereocenters. The second-order valence-corrected chi connectivity index (χ2v) is 6.94. The molecule has 0 aliphatic heterocycles. The Morgan fingerprint density at radius 1 is 0.750 bits per heavy atom. The Morgan fingerprint density at radius 3 is 1.54 bits per heavy atom. The largest absolute Gasteiger partial charge is 0.273 e. The molecule has 0 saturated heterocycles. The second-order valence-electron chi connectivity index (χ2n) is 5.37. The maximum atomic E-state index is 11.7. The van der Waals surface area contributed by atoms with Crippen LogP contribution in [-0.4, -0.2) is 24.2 Å². The molecule has 2 rings (SSSR count). The van der Waals surface area contributed by atoms with Crippen molar-refractivity contribution < 1.29 is 9.59 Å². The molecule has 0 radical (unpaired) electrons.